The number of nitrogens with one attached hydrogen (secondary N) is 1. The second kappa shape index (κ2) is 7.56. The zero-order chi connectivity index (χ0) is 23.5. The largest absolute Gasteiger partial charge is 0.325 e. The number of aryl methyl sites for hydroxylation is 2. The van der Waals surface area contributed by atoms with Crippen LogP contribution in [0, 0.1) is 19.7 Å². The van der Waals surface area contributed by atoms with E-state index in [1.165, 1.54) is 12.1 Å². The first-order chi connectivity index (χ1) is 15.7. The second-order valence-corrected chi connectivity index (χ2v) is 8.93. The van der Waals surface area contributed by atoms with Crippen LogP contribution in [0.5, 0.6) is 0 Å². The van der Waals surface area contributed by atoms with Crippen molar-refractivity contribution in [3.63, 3.8) is 0 Å². The molecule has 1 aliphatic carbocycles. The van der Waals surface area contributed by atoms with E-state index in [0.717, 1.165) is 21.7 Å². The number of aromatic nitrogens is 1. The number of nitrogens with zero attached hydrogens (tertiary/aromatic N) is 2. The van der Waals surface area contributed by atoms with E-state index in [2.05, 4.69) is 5.32 Å². The average molecular weight is 466 g/mol. The van der Waals surface area contributed by atoms with Crippen LogP contribution in [-0.4, -0.2) is 33.7 Å². The van der Waals surface area contributed by atoms with E-state index in [1.54, 1.807) is 23.6 Å². The monoisotopic (exact) mass is 465 g/mol. The van der Waals surface area contributed by atoms with Gasteiger partial charge in [-0.15, -0.1) is 0 Å². The van der Waals surface area contributed by atoms with E-state index in [-0.39, 0.29) is 17.4 Å². The van der Waals surface area contributed by atoms with Crippen LogP contribution in [0.25, 0.3) is 5.69 Å². The molecule has 2 heterocycles. The Morgan fingerprint density at radius 1 is 1.15 bits per heavy atom. The van der Waals surface area contributed by atoms with Crippen molar-refractivity contribution in [2.24, 2.45) is 0 Å². The molecule has 168 valence electrons. The van der Waals surface area contributed by atoms with Gasteiger partial charge in [-0.3, -0.25) is 14.5 Å². The molecule has 1 fully saturated rings. The summed E-state index contributed by atoms with van der Waals surface area (Å²) in [5, 5.41) is 2.82. The minimum absolute atomic E-state index is 0.0191. The van der Waals surface area contributed by atoms with Gasteiger partial charge in [0.2, 0.25) is 0 Å². The zero-order valence-electron chi connectivity index (χ0n) is 18.1. The number of ketones is 1. The van der Waals surface area contributed by atoms with Crippen LogP contribution in [0.3, 0.4) is 0 Å². The molecule has 3 aromatic rings. The fraction of sp³-hybridized carbons (Fsp3) is 0.240. The van der Waals surface area contributed by atoms with Crippen molar-refractivity contribution in [3.8, 4) is 5.69 Å². The van der Waals surface area contributed by atoms with Crippen molar-refractivity contribution in [1.82, 2.24) is 14.8 Å². The van der Waals surface area contributed by atoms with Crippen LogP contribution in [0.2, 0.25) is 5.02 Å². The molecule has 1 aliphatic heterocycles. The van der Waals surface area contributed by atoms with Crippen molar-refractivity contribution in [1.29, 1.82) is 0 Å². The molecule has 0 bridgehead atoms. The second-order valence-electron chi connectivity index (χ2n) is 8.53. The summed E-state index contributed by atoms with van der Waals surface area (Å²) in [7, 11) is 0. The Bertz CT molecular complexity index is 1350. The first-order valence-electron chi connectivity index (χ1n) is 10.6. The first kappa shape index (κ1) is 21.4. The number of fused-ring (bicyclic) bond motifs is 2. The molecule has 0 saturated carbocycles. The van der Waals surface area contributed by atoms with Crippen molar-refractivity contribution in [3.05, 3.63) is 87.4 Å². The summed E-state index contributed by atoms with van der Waals surface area (Å²) in [5.41, 5.74) is 3.10. The third-order valence-electron chi connectivity index (χ3n) is 6.62. The Labute approximate surface area is 195 Å². The highest BCUT2D eigenvalue weighted by atomic mass is 35.5. The van der Waals surface area contributed by atoms with Crippen LogP contribution in [0.4, 0.5) is 9.18 Å². The predicted molar refractivity (Wildman–Crippen MR) is 121 cm³/mol. The predicted octanol–water partition coefficient (Wildman–Crippen LogP) is 4.46. The number of urea groups is 1. The maximum Gasteiger partial charge on any atom is 0.325 e. The highest BCUT2D eigenvalue weighted by Crippen LogP contribution is 2.41. The summed E-state index contributed by atoms with van der Waals surface area (Å²) in [6.07, 6.45) is 1.16. The molecule has 8 heteroatoms. The molecule has 1 atom stereocenters. The fourth-order valence-electron chi connectivity index (χ4n) is 5.03. The Hall–Kier alpha value is -3.45. The number of carbonyl (C=O) groups is 3. The topological polar surface area (TPSA) is 71.4 Å². The first-order valence-corrected chi connectivity index (χ1v) is 11.0. The standard InChI is InChI=1S/C25H21ClFN3O3/c1-14-11-18(15(2)30(14)17-7-8-21(27)20(26)12-17)22(31)13-29-23(32)25(28-24(29)33)10-9-16-5-3-4-6-19(16)25/h3-8,11-12H,9-10,13H2,1-2H3,(H,28,33). The number of carbonyl (C=O) groups excluding carboxylic acids is 3. The lowest BCUT2D eigenvalue weighted by Gasteiger charge is -2.22. The van der Waals surface area contributed by atoms with Gasteiger partial charge in [-0.25, -0.2) is 9.18 Å². The normalized spacial score (nSPS) is 19.3. The van der Waals surface area contributed by atoms with Crippen molar-refractivity contribution in [2.45, 2.75) is 32.2 Å². The van der Waals surface area contributed by atoms with Crippen LogP contribution in [-0.2, 0) is 16.8 Å². The maximum atomic E-state index is 13.6. The summed E-state index contributed by atoms with van der Waals surface area (Å²) in [6.45, 7) is 3.22. The van der Waals surface area contributed by atoms with Gasteiger partial charge in [0.1, 0.15) is 11.4 Å². The quantitative estimate of drug-likeness (QED) is 0.456. The molecule has 6 nitrogen and oxygen atoms in total. The summed E-state index contributed by atoms with van der Waals surface area (Å²) in [5.74, 6) is -1.28. The Morgan fingerprint density at radius 2 is 1.91 bits per heavy atom. The third kappa shape index (κ3) is 3.18. The Kier molecular flexibility index (Phi) is 4.90. The minimum Gasteiger partial charge on any atom is -0.319 e. The summed E-state index contributed by atoms with van der Waals surface area (Å²) >= 11 is 5.93. The highest BCUT2D eigenvalue weighted by molar-refractivity contribution is 6.30. The lowest BCUT2D eigenvalue weighted by Crippen LogP contribution is -2.42. The maximum absolute atomic E-state index is 13.6. The zero-order valence-corrected chi connectivity index (χ0v) is 18.9. The minimum atomic E-state index is -1.10. The average Bonchev–Trinajstić information content (AvgIpc) is 3.38. The molecule has 1 N–H and O–H groups in total. The van der Waals surface area contributed by atoms with Gasteiger partial charge in [0.15, 0.2) is 5.78 Å². The SMILES string of the molecule is Cc1cc(C(=O)CN2C(=O)NC3(CCc4ccccc43)C2=O)c(C)n1-c1ccc(F)c(Cl)c1. The molecule has 1 spiro atoms. The van der Waals surface area contributed by atoms with Gasteiger partial charge in [0.05, 0.1) is 11.6 Å². The lowest BCUT2D eigenvalue weighted by molar-refractivity contribution is -0.131. The lowest BCUT2D eigenvalue weighted by atomic mass is 9.92. The van der Waals surface area contributed by atoms with Crippen molar-refractivity contribution >= 4 is 29.3 Å². The molecular weight excluding hydrogens is 445 g/mol. The number of rotatable bonds is 4. The molecule has 0 radical (unpaired) electrons. The molecule has 2 aliphatic rings. The van der Waals surface area contributed by atoms with Crippen molar-refractivity contribution in [2.75, 3.05) is 6.54 Å². The van der Waals surface area contributed by atoms with Gasteiger partial charge in [-0.2, -0.15) is 0 Å². The van der Waals surface area contributed by atoms with E-state index in [9.17, 15) is 18.8 Å². The summed E-state index contributed by atoms with van der Waals surface area (Å²) in [4.78, 5) is 40.3. The number of hydrogen-bond acceptors (Lipinski definition) is 3. The van der Waals surface area contributed by atoms with Crippen LogP contribution in [0.1, 0.15) is 39.3 Å². The van der Waals surface area contributed by atoms with Gasteiger partial charge < -0.3 is 9.88 Å². The van der Waals surface area contributed by atoms with Crippen LogP contribution < -0.4 is 5.32 Å². The molecular formula is C25H21ClFN3O3. The van der Waals surface area contributed by atoms with E-state index in [0.29, 0.717) is 29.8 Å². The van der Waals surface area contributed by atoms with Gasteiger partial charge in [-0.1, -0.05) is 35.9 Å². The summed E-state index contributed by atoms with van der Waals surface area (Å²) < 4.78 is 15.4. The number of hydrogen-bond donors (Lipinski definition) is 1. The van der Waals surface area contributed by atoms with E-state index in [1.807, 2.05) is 31.2 Å². The summed E-state index contributed by atoms with van der Waals surface area (Å²) in [6, 6.07) is 13.0. The molecule has 2 aromatic carbocycles. The van der Waals surface area contributed by atoms with Gasteiger partial charge in [-0.05, 0) is 62.1 Å². The molecule has 5 rings (SSSR count). The molecule has 1 unspecified atom stereocenters. The number of amides is 3. The Balaban J connectivity index is 1.43. The third-order valence-corrected chi connectivity index (χ3v) is 6.91. The van der Waals surface area contributed by atoms with Crippen LogP contribution >= 0.6 is 11.6 Å². The Morgan fingerprint density at radius 3 is 2.67 bits per heavy atom. The van der Waals surface area contributed by atoms with Gasteiger partial charge >= 0.3 is 6.03 Å². The van der Waals surface area contributed by atoms with E-state index in [4.69, 9.17) is 11.6 Å². The van der Waals surface area contributed by atoms with E-state index < -0.39 is 23.3 Å². The van der Waals surface area contributed by atoms with Crippen molar-refractivity contribution < 1.29 is 18.8 Å². The molecule has 1 saturated heterocycles. The molecule has 3 amide bonds. The number of halogens is 2. The number of imide groups is 1. The highest BCUT2D eigenvalue weighted by Gasteiger charge is 2.55. The van der Waals surface area contributed by atoms with E-state index >= 15 is 0 Å². The number of Topliss-reactive ketones (excluding diaryl/α,β-unsaturated/α-hetero) is 1. The molecule has 33 heavy (non-hydrogen) atoms. The smallest absolute Gasteiger partial charge is 0.319 e. The van der Waals surface area contributed by atoms with Gasteiger partial charge in [0.25, 0.3) is 5.91 Å². The fourth-order valence-corrected chi connectivity index (χ4v) is 5.20. The number of benzene rings is 2. The van der Waals surface area contributed by atoms with Crippen LogP contribution in [0.15, 0.2) is 48.5 Å². The molecule has 1 aromatic heterocycles. The van der Waals surface area contributed by atoms with Gasteiger partial charge in [0, 0.05) is 22.6 Å².